The van der Waals surface area contributed by atoms with E-state index in [0.717, 1.165) is 0 Å². The number of rotatable bonds is 8. The highest BCUT2D eigenvalue weighted by molar-refractivity contribution is 7.96. The van der Waals surface area contributed by atoms with E-state index in [1.165, 1.54) is 0 Å². The van der Waals surface area contributed by atoms with Crippen molar-refractivity contribution in [3.05, 3.63) is 0 Å². The van der Waals surface area contributed by atoms with E-state index < -0.39 is 62.2 Å². The zero-order chi connectivity index (χ0) is 22.6. The van der Waals surface area contributed by atoms with E-state index in [2.05, 4.69) is 9.37 Å². The second-order valence-corrected chi connectivity index (χ2v) is 10.1. The molecule has 30 heavy (non-hydrogen) atoms. The Morgan fingerprint density at radius 1 is 0.967 bits per heavy atom. The van der Waals surface area contributed by atoms with Crippen LogP contribution in [0.5, 0.6) is 0 Å². The van der Waals surface area contributed by atoms with Crippen LogP contribution in [0.3, 0.4) is 0 Å². The summed E-state index contributed by atoms with van der Waals surface area (Å²) in [5, 5.41) is 1.47. The Balaban J connectivity index is 1.80. The quantitative estimate of drug-likeness (QED) is 0.131. The SMILES string of the molecule is O=C(OC12CC3CC(C1)CC(OC(=O)C(F)(F)S(=O)(=O)O)(C3)C2)C(F)(F)SOOO. The molecule has 4 saturated carbocycles. The molecule has 4 aliphatic carbocycles. The Morgan fingerprint density at radius 2 is 1.43 bits per heavy atom. The van der Waals surface area contributed by atoms with Gasteiger partial charge in [-0.1, -0.05) is 5.04 Å². The topological polar surface area (TPSA) is 146 Å². The summed E-state index contributed by atoms with van der Waals surface area (Å²) in [6, 6.07) is 0. The van der Waals surface area contributed by atoms with Gasteiger partial charge in [-0.05, 0) is 43.9 Å². The van der Waals surface area contributed by atoms with E-state index >= 15 is 0 Å². The molecule has 2 atom stereocenters. The van der Waals surface area contributed by atoms with E-state index in [1.54, 1.807) is 0 Å². The molecule has 0 heterocycles. The van der Waals surface area contributed by atoms with Crippen LogP contribution in [0.25, 0.3) is 0 Å². The molecule has 4 aliphatic rings. The minimum absolute atomic E-state index is 0.0443. The van der Waals surface area contributed by atoms with Gasteiger partial charge in [0.25, 0.3) is 0 Å². The van der Waals surface area contributed by atoms with E-state index in [0.29, 0.717) is 6.42 Å². The zero-order valence-electron chi connectivity index (χ0n) is 14.9. The van der Waals surface area contributed by atoms with Crippen molar-refractivity contribution < 1.29 is 64.2 Å². The molecular formula is C14H16F4O10S2. The van der Waals surface area contributed by atoms with Crippen LogP contribution in [0.1, 0.15) is 38.5 Å². The molecule has 0 amide bonds. The van der Waals surface area contributed by atoms with Crippen molar-refractivity contribution in [3.63, 3.8) is 0 Å². The van der Waals surface area contributed by atoms with Crippen molar-refractivity contribution >= 4 is 34.1 Å². The fourth-order valence-electron chi connectivity index (χ4n) is 5.04. The monoisotopic (exact) mass is 484 g/mol. The Bertz CT molecular complexity index is 819. The molecule has 16 heteroatoms. The lowest BCUT2D eigenvalue weighted by Gasteiger charge is -2.60. The maximum atomic E-state index is 13.8. The summed E-state index contributed by atoms with van der Waals surface area (Å²) in [7, 11) is -6.09. The molecule has 4 rings (SSSR count). The summed E-state index contributed by atoms with van der Waals surface area (Å²) in [5.41, 5.74) is -3.22. The fourth-order valence-corrected chi connectivity index (χ4v) is 5.52. The molecule has 0 aromatic rings. The van der Waals surface area contributed by atoms with Gasteiger partial charge >= 0.3 is 32.6 Å². The van der Waals surface area contributed by atoms with Crippen LogP contribution in [-0.2, 0) is 38.6 Å². The van der Waals surface area contributed by atoms with Gasteiger partial charge in [-0.2, -0.15) is 26.0 Å². The van der Waals surface area contributed by atoms with Crippen molar-refractivity contribution in [2.45, 2.75) is 60.2 Å². The number of esters is 2. The number of hydrogen-bond donors (Lipinski definition) is 2. The molecule has 4 bridgehead atoms. The average molecular weight is 484 g/mol. The van der Waals surface area contributed by atoms with Gasteiger partial charge in [0.1, 0.15) is 23.2 Å². The van der Waals surface area contributed by atoms with Crippen molar-refractivity contribution in [3.8, 4) is 0 Å². The van der Waals surface area contributed by atoms with Crippen LogP contribution in [0.2, 0.25) is 0 Å². The first-order chi connectivity index (χ1) is 13.6. The average Bonchev–Trinajstić information content (AvgIpc) is 2.56. The first-order valence-corrected chi connectivity index (χ1v) is 10.7. The molecule has 0 aromatic heterocycles. The molecule has 0 spiro atoms. The molecule has 0 aliphatic heterocycles. The number of carbonyl (C=O) groups excluding carboxylic acids is 2. The minimum Gasteiger partial charge on any atom is -0.454 e. The zero-order valence-corrected chi connectivity index (χ0v) is 16.5. The lowest BCUT2D eigenvalue weighted by Crippen LogP contribution is -2.63. The second-order valence-electron chi connectivity index (χ2n) is 7.84. The molecule has 4 fully saturated rings. The van der Waals surface area contributed by atoms with E-state index in [1.807, 2.05) is 0 Å². The first-order valence-electron chi connectivity index (χ1n) is 8.49. The summed E-state index contributed by atoms with van der Waals surface area (Å²) in [5.74, 6) is -5.17. The lowest BCUT2D eigenvalue weighted by atomic mass is 9.52. The van der Waals surface area contributed by atoms with Crippen LogP contribution in [0, 0.1) is 11.8 Å². The van der Waals surface area contributed by atoms with Gasteiger partial charge in [0, 0.05) is 6.42 Å². The highest BCUT2D eigenvalue weighted by Crippen LogP contribution is 2.61. The van der Waals surface area contributed by atoms with E-state index in [-0.39, 0.29) is 37.5 Å². The Morgan fingerprint density at radius 3 is 1.87 bits per heavy atom. The molecular weight excluding hydrogens is 468 g/mol. The number of carbonyl (C=O) groups is 2. The van der Waals surface area contributed by atoms with Gasteiger partial charge in [0.15, 0.2) is 0 Å². The maximum absolute atomic E-state index is 13.8. The third kappa shape index (κ3) is 4.25. The van der Waals surface area contributed by atoms with Crippen molar-refractivity contribution in [1.29, 1.82) is 0 Å². The van der Waals surface area contributed by atoms with Gasteiger partial charge in [0.05, 0.1) is 0 Å². The fraction of sp³-hybridized carbons (Fsp3) is 0.857. The third-order valence-electron chi connectivity index (χ3n) is 5.54. The van der Waals surface area contributed by atoms with Crippen LogP contribution in [0.15, 0.2) is 0 Å². The smallest absolute Gasteiger partial charge is 0.454 e. The van der Waals surface area contributed by atoms with Gasteiger partial charge < -0.3 is 9.47 Å². The van der Waals surface area contributed by atoms with Crippen LogP contribution in [0.4, 0.5) is 17.6 Å². The van der Waals surface area contributed by atoms with Crippen molar-refractivity contribution in [2.75, 3.05) is 0 Å². The summed E-state index contributed by atoms with van der Waals surface area (Å²) in [6.07, 6.45) is 0.470. The molecule has 10 nitrogen and oxygen atoms in total. The summed E-state index contributed by atoms with van der Waals surface area (Å²) < 4.78 is 98.4. The Labute approximate surface area is 171 Å². The second kappa shape index (κ2) is 7.44. The summed E-state index contributed by atoms with van der Waals surface area (Å²) >= 11 is -0.828. The lowest BCUT2D eigenvalue weighted by molar-refractivity contribution is -0.433. The standard InChI is InChI=1S/C14H16F4O10S2/c15-13(16,29-28-27-21)9(19)25-11-2-7-1-8(3-11)5-12(4-7,6-11)26-10(20)14(17,18)30(22,23)24/h7-8,21H,1-6H2,(H,22,23,24). The number of hydrogen-bond acceptors (Lipinski definition) is 10. The van der Waals surface area contributed by atoms with Gasteiger partial charge in [-0.25, -0.2) is 14.8 Å². The molecule has 0 aromatic carbocycles. The largest absolute Gasteiger partial charge is 0.465 e. The minimum atomic E-state index is -6.09. The van der Waals surface area contributed by atoms with Gasteiger partial charge in [-0.3, -0.25) is 4.55 Å². The van der Waals surface area contributed by atoms with Gasteiger partial charge in [0.2, 0.25) is 0 Å². The highest BCUT2D eigenvalue weighted by Gasteiger charge is 2.65. The number of halogens is 4. The molecule has 2 unspecified atom stereocenters. The van der Waals surface area contributed by atoms with Crippen LogP contribution < -0.4 is 0 Å². The van der Waals surface area contributed by atoms with Crippen LogP contribution >= 0.6 is 12.0 Å². The van der Waals surface area contributed by atoms with Crippen molar-refractivity contribution in [2.24, 2.45) is 11.8 Å². The molecule has 0 radical (unpaired) electrons. The van der Waals surface area contributed by atoms with E-state index in [9.17, 15) is 35.6 Å². The summed E-state index contributed by atoms with van der Waals surface area (Å²) in [4.78, 5) is 23.7. The maximum Gasteiger partial charge on any atom is 0.465 e. The molecule has 2 N–H and O–H groups in total. The predicted molar refractivity (Wildman–Crippen MR) is 86.2 cm³/mol. The van der Waals surface area contributed by atoms with Gasteiger partial charge in [-0.15, -0.1) is 4.33 Å². The number of ether oxygens (including phenoxy) is 2. The predicted octanol–water partition coefficient (Wildman–Crippen LogP) is 2.31. The summed E-state index contributed by atoms with van der Waals surface area (Å²) in [6.45, 7) is 0. The van der Waals surface area contributed by atoms with Crippen LogP contribution in [-0.4, -0.2) is 51.9 Å². The molecule has 172 valence electrons. The van der Waals surface area contributed by atoms with Crippen molar-refractivity contribution in [1.82, 2.24) is 0 Å². The highest BCUT2D eigenvalue weighted by atomic mass is 32.2. The normalized spacial score (nSPS) is 33.4. The third-order valence-corrected chi connectivity index (χ3v) is 6.86. The molecule has 0 saturated heterocycles. The Hall–Kier alpha value is -1.20. The Kier molecular flexibility index (Phi) is 5.82. The first kappa shape index (κ1) is 23.5. The number of alkyl halides is 4. The van der Waals surface area contributed by atoms with E-state index in [4.69, 9.17) is 19.3 Å².